The van der Waals surface area contributed by atoms with E-state index in [1.807, 2.05) is 6.92 Å². The van der Waals surface area contributed by atoms with Crippen LogP contribution in [-0.2, 0) is 4.79 Å². The van der Waals surface area contributed by atoms with E-state index in [2.05, 4.69) is 21.2 Å². The molecule has 0 bridgehead atoms. The van der Waals surface area contributed by atoms with Crippen molar-refractivity contribution < 1.29 is 4.79 Å². The highest BCUT2D eigenvalue weighted by Gasteiger charge is 2.06. The number of nitrogens with one attached hydrogen (secondary N) is 1. The SMILES string of the molecule is CC(=O)Nc1c(C)cc(Cl)cc1Br. The molecule has 0 spiro atoms. The van der Waals surface area contributed by atoms with Gasteiger partial charge < -0.3 is 5.32 Å². The minimum atomic E-state index is -0.0916. The summed E-state index contributed by atoms with van der Waals surface area (Å²) in [5, 5.41) is 3.38. The molecule has 70 valence electrons. The lowest BCUT2D eigenvalue weighted by Gasteiger charge is -2.09. The van der Waals surface area contributed by atoms with Gasteiger partial charge in [0.05, 0.1) is 5.69 Å². The molecule has 1 aromatic rings. The van der Waals surface area contributed by atoms with Crippen molar-refractivity contribution in [3.8, 4) is 0 Å². The Morgan fingerprint density at radius 1 is 1.54 bits per heavy atom. The first-order valence-corrected chi connectivity index (χ1v) is 4.91. The van der Waals surface area contributed by atoms with Crippen LogP contribution in [0.25, 0.3) is 0 Å². The summed E-state index contributed by atoms with van der Waals surface area (Å²) in [6.07, 6.45) is 0. The van der Waals surface area contributed by atoms with E-state index in [4.69, 9.17) is 11.6 Å². The maximum Gasteiger partial charge on any atom is 0.221 e. The topological polar surface area (TPSA) is 29.1 Å². The first-order valence-electron chi connectivity index (χ1n) is 3.74. The number of hydrogen-bond acceptors (Lipinski definition) is 1. The molecule has 0 saturated carbocycles. The highest BCUT2D eigenvalue weighted by atomic mass is 79.9. The van der Waals surface area contributed by atoms with Gasteiger partial charge in [-0.15, -0.1) is 0 Å². The predicted molar refractivity (Wildman–Crippen MR) is 58.2 cm³/mol. The molecule has 0 unspecified atom stereocenters. The Labute approximate surface area is 90.4 Å². The van der Waals surface area contributed by atoms with Gasteiger partial charge in [-0.1, -0.05) is 11.6 Å². The fourth-order valence-electron chi connectivity index (χ4n) is 1.04. The van der Waals surface area contributed by atoms with Gasteiger partial charge in [-0.25, -0.2) is 0 Å². The molecule has 1 amide bonds. The van der Waals surface area contributed by atoms with Gasteiger partial charge >= 0.3 is 0 Å². The van der Waals surface area contributed by atoms with Crippen LogP contribution in [0, 0.1) is 6.92 Å². The Morgan fingerprint density at radius 3 is 2.62 bits per heavy atom. The van der Waals surface area contributed by atoms with Gasteiger partial charge in [0.25, 0.3) is 0 Å². The van der Waals surface area contributed by atoms with Gasteiger partial charge in [-0.2, -0.15) is 0 Å². The average molecular weight is 263 g/mol. The second-order valence-electron chi connectivity index (χ2n) is 2.76. The molecule has 0 radical (unpaired) electrons. The van der Waals surface area contributed by atoms with Crippen LogP contribution in [0.4, 0.5) is 5.69 Å². The number of amides is 1. The Bertz CT molecular complexity index is 328. The molecule has 0 saturated heterocycles. The minimum absolute atomic E-state index is 0.0916. The van der Waals surface area contributed by atoms with Crippen LogP contribution in [0.2, 0.25) is 5.02 Å². The largest absolute Gasteiger partial charge is 0.325 e. The molecule has 1 rings (SSSR count). The van der Waals surface area contributed by atoms with Crippen molar-refractivity contribution in [2.75, 3.05) is 5.32 Å². The summed E-state index contributed by atoms with van der Waals surface area (Å²) in [5.74, 6) is -0.0916. The van der Waals surface area contributed by atoms with Gasteiger partial charge in [-0.3, -0.25) is 4.79 Å². The number of halogens is 2. The molecular formula is C9H9BrClNO. The minimum Gasteiger partial charge on any atom is -0.325 e. The summed E-state index contributed by atoms with van der Waals surface area (Å²) < 4.78 is 0.799. The molecule has 1 N–H and O–H groups in total. The quantitative estimate of drug-likeness (QED) is 0.826. The molecule has 0 fully saturated rings. The summed E-state index contributed by atoms with van der Waals surface area (Å²) in [4.78, 5) is 10.8. The fourth-order valence-corrected chi connectivity index (χ4v) is 2.10. The van der Waals surface area contributed by atoms with Crippen LogP contribution in [-0.4, -0.2) is 5.91 Å². The van der Waals surface area contributed by atoms with E-state index < -0.39 is 0 Å². The van der Waals surface area contributed by atoms with Crippen molar-refractivity contribution >= 4 is 39.1 Å². The number of hydrogen-bond donors (Lipinski definition) is 1. The smallest absolute Gasteiger partial charge is 0.221 e. The molecule has 0 atom stereocenters. The maximum atomic E-state index is 10.8. The third kappa shape index (κ3) is 2.71. The van der Waals surface area contributed by atoms with Gasteiger partial charge in [-0.05, 0) is 40.5 Å². The van der Waals surface area contributed by atoms with E-state index in [1.165, 1.54) is 6.92 Å². The van der Waals surface area contributed by atoms with Crippen molar-refractivity contribution in [3.05, 3.63) is 27.2 Å². The Kier molecular flexibility index (Phi) is 3.33. The van der Waals surface area contributed by atoms with E-state index >= 15 is 0 Å². The Balaban J connectivity index is 3.13. The summed E-state index contributed by atoms with van der Waals surface area (Å²) in [6, 6.07) is 3.55. The lowest BCUT2D eigenvalue weighted by atomic mass is 10.2. The van der Waals surface area contributed by atoms with E-state index in [1.54, 1.807) is 12.1 Å². The van der Waals surface area contributed by atoms with Crippen molar-refractivity contribution in [2.45, 2.75) is 13.8 Å². The van der Waals surface area contributed by atoms with Crippen molar-refractivity contribution in [3.63, 3.8) is 0 Å². The zero-order valence-corrected chi connectivity index (χ0v) is 9.66. The van der Waals surface area contributed by atoms with Crippen LogP contribution in [0.3, 0.4) is 0 Å². The molecule has 0 aromatic heterocycles. The summed E-state index contributed by atoms with van der Waals surface area (Å²) >= 11 is 9.14. The standard InChI is InChI=1S/C9H9BrClNO/c1-5-3-7(11)4-8(10)9(5)12-6(2)13/h3-4H,1-2H3,(H,12,13). The monoisotopic (exact) mass is 261 g/mol. The summed E-state index contributed by atoms with van der Waals surface area (Å²) in [7, 11) is 0. The molecular weight excluding hydrogens is 253 g/mol. The van der Waals surface area contributed by atoms with Gasteiger partial charge in [0.1, 0.15) is 0 Å². The van der Waals surface area contributed by atoms with E-state index in [0.29, 0.717) is 5.02 Å². The molecule has 4 heteroatoms. The number of rotatable bonds is 1. The number of aryl methyl sites for hydroxylation is 1. The molecule has 2 nitrogen and oxygen atoms in total. The van der Waals surface area contributed by atoms with Gasteiger partial charge in [0.2, 0.25) is 5.91 Å². The highest BCUT2D eigenvalue weighted by Crippen LogP contribution is 2.29. The van der Waals surface area contributed by atoms with Crippen LogP contribution in [0.1, 0.15) is 12.5 Å². The molecule has 1 aromatic carbocycles. The first kappa shape index (κ1) is 10.5. The zero-order chi connectivity index (χ0) is 10.0. The number of anilines is 1. The normalized spacial score (nSPS) is 9.85. The number of carbonyl (C=O) groups is 1. The Hall–Kier alpha value is -0.540. The van der Waals surface area contributed by atoms with Crippen LogP contribution < -0.4 is 5.32 Å². The lowest BCUT2D eigenvalue weighted by Crippen LogP contribution is -2.07. The van der Waals surface area contributed by atoms with Crippen LogP contribution >= 0.6 is 27.5 Å². The van der Waals surface area contributed by atoms with Crippen LogP contribution in [0.5, 0.6) is 0 Å². The average Bonchev–Trinajstić information content (AvgIpc) is 1.96. The van der Waals surface area contributed by atoms with E-state index in [9.17, 15) is 4.79 Å². The van der Waals surface area contributed by atoms with Gasteiger partial charge in [0.15, 0.2) is 0 Å². The predicted octanol–water partition coefficient (Wildman–Crippen LogP) is 3.37. The summed E-state index contributed by atoms with van der Waals surface area (Å²) in [5.41, 5.74) is 1.71. The van der Waals surface area contributed by atoms with E-state index in [-0.39, 0.29) is 5.91 Å². The lowest BCUT2D eigenvalue weighted by molar-refractivity contribution is -0.114. The zero-order valence-electron chi connectivity index (χ0n) is 7.32. The van der Waals surface area contributed by atoms with Crippen LogP contribution in [0.15, 0.2) is 16.6 Å². The second-order valence-corrected chi connectivity index (χ2v) is 4.05. The molecule has 0 aliphatic carbocycles. The molecule has 0 aliphatic rings. The third-order valence-electron chi connectivity index (χ3n) is 1.55. The van der Waals surface area contributed by atoms with Crippen molar-refractivity contribution in [1.29, 1.82) is 0 Å². The van der Waals surface area contributed by atoms with Crippen molar-refractivity contribution in [1.82, 2.24) is 0 Å². The van der Waals surface area contributed by atoms with Crippen molar-refractivity contribution in [2.24, 2.45) is 0 Å². The molecule has 0 aliphatic heterocycles. The second kappa shape index (κ2) is 4.11. The number of benzene rings is 1. The molecule has 0 heterocycles. The first-order chi connectivity index (χ1) is 6.00. The number of carbonyl (C=O) groups excluding carboxylic acids is 1. The molecule has 13 heavy (non-hydrogen) atoms. The fraction of sp³-hybridized carbons (Fsp3) is 0.222. The Morgan fingerprint density at radius 2 is 2.15 bits per heavy atom. The highest BCUT2D eigenvalue weighted by molar-refractivity contribution is 9.10. The van der Waals surface area contributed by atoms with Gasteiger partial charge in [0, 0.05) is 16.4 Å². The maximum absolute atomic E-state index is 10.8. The third-order valence-corrected chi connectivity index (χ3v) is 2.40. The summed E-state index contributed by atoms with van der Waals surface area (Å²) in [6.45, 7) is 3.36. The van der Waals surface area contributed by atoms with E-state index in [0.717, 1.165) is 15.7 Å².